The first-order valence-electron chi connectivity index (χ1n) is 20.5. The summed E-state index contributed by atoms with van der Waals surface area (Å²) in [5, 5.41) is 39.4. The number of ketones is 1. The molecule has 0 amide bonds. The van der Waals surface area contributed by atoms with E-state index >= 15 is 0 Å². The second-order valence-corrected chi connectivity index (χ2v) is 15.1. The zero-order chi connectivity index (χ0) is 44.7. The smallest absolute Gasteiger partial charge is 0.308 e. The molecule has 0 radical (unpaired) electrons. The van der Waals surface area contributed by atoms with Crippen molar-refractivity contribution in [3.63, 3.8) is 0 Å². The van der Waals surface area contributed by atoms with Gasteiger partial charge in [0.15, 0.2) is 10.9 Å². The van der Waals surface area contributed by atoms with Crippen molar-refractivity contribution in [2.24, 2.45) is 0 Å². The number of allylic oxidation sites excluding steroid dienone is 1. The van der Waals surface area contributed by atoms with Crippen LogP contribution in [0.4, 0.5) is 5.69 Å². The Balaban J connectivity index is 1.57. The van der Waals surface area contributed by atoms with E-state index in [9.17, 15) is 39.3 Å². The molecule has 0 aliphatic heterocycles. The molecule has 62 heavy (non-hydrogen) atoms. The highest BCUT2D eigenvalue weighted by Gasteiger charge is 2.37. The normalized spacial score (nSPS) is 13.7. The number of aliphatic hydroxyl groups excluding tert-OH is 2. The molecule has 0 bridgehead atoms. The maximum absolute atomic E-state index is 14.4. The Kier molecular flexibility index (Phi) is 15.3. The van der Waals surface area contributed by atoms with Crippen LogP contribution in [0.25, 0.3) is 49.2 Å². The van der Waals surface area contributed by atoms with Crippen molar-refractivity contribution in [3.05, 3.63) is 66.0 Å². The lowest BCUT2D eigenvalue weighted by molar-refractivity contribution is -0.145. The Labute approximate surface area is 356 Å². The van der Waals surface area contributed by atoms with Crippen molar-refractivity contribution in [2.45, 2.75) is 58.7 Å². The zero-order valence-electron chi connectivity index (χ0n) is 35.7. The molecular formula is C46H53NO15. The standard InChI is InChI=1S/C46H53NO15/c1-24-19-29-28(7-6-11-61-32(53)8-12-59-17-15-56-3)45(55)39-31(52)21-27(23-49)35-36-26(22-48)20-30(51)38-41(36)42(37(29)40(35)39)43(34(24)25(2)50)46(58-5)44(38)47-10-14-62-33(54)9-13-60-18-16-57-4/h19-21,34,47-49,55H,6-18,22-23H2,1-5H3. The molecule has 0 aromatic heterocycles. The first kappa shape index (κ1) is 46.0. The highest BCUT2D eigenvalue weighted by Crippen LogP contribution is 2.56. The molecule has 1 aliphatic carbocycles. The van der Waals surface area contributed by atoms with E-state index in [1.807, 2.05) is 0 Å². The fraction of sp³-hybridized carbons (Fsp3) is 0.457. The Morgan fingerprint density at radius 1 is 0.694 bits per heavy atom. The molecule has 5 aromatic rings. The van der Waals surface area contributed by atoms with Gasteiger partial charge < -0.3 is 53.8 Å². The van der Waals surface area contributed by atoms with Gasteiger partial charge in [0.2, 0.25) is 0 Å². The summed E-state index contributed by atoms with van der Waals surface area (Å²) in [4.78, 5) is 67.5. The summed E-state index contributed by atoms with van der Waals surface area (Å²) in [6, 6.07) is 2.52. The summed E-state index contributed by atoms with van der Waals surface area (Å²) < 4.78 is 37.7. The average molecular weight is 860 g/mol. The summed E-state index contributed by atoms with van der Waals surface area (Å²) in [7, 11) is 4.51. The van der Waals surface area contributed by atoms with Gasteiger partial charge in [-0.05, 0) is 77.1 Å². The fourth-order valence-electron chi connectivity index (χ4n) is 8.66. The van der Waals surface area contributed by atoms with E-state index in [0.29, 0.717) is 75.6 Å². The van der Waals surface area contributed by atoms with Crippen LogP contribution >= 0.6 is 0 Å². The number of rotatable bonds is 24. The van der Waals surface area contributed by atoms with Crippen molar-refractivity contribution in [2.75, 3.05) is 86.0 Å². The minimum absolute atomic E-state index is 0.00967. The molecular weight excluding hydrogens is 806 g/mol. The lowest BCUT2D eigenvalue weighted by atomic mass is 9.78. The number of esters is 2. The number of methoxy groups -OCH3 is 3. The minimum Gasteiger partial charge on any atom is -0.507 e. The van der Waals surface area contributed by atoms with Gasteiger partial charge in [0.1, 0.15) is 23.9 Å². The number of carbonyl (C=O) groups excluding carboxylic acids is 3. The van der Waals surface area contributed by atoms with Gasteiger partial charge in [-0.2, -0.15) is 0 Å². The van der Waals surface area contributed by atoms with Crippen molar-refractivity contribution in [1.82, 2.24) is 0 Å². The Hall–Kier alpha value is -5.49. The van der Waals surface area contributed by atoms with E-state index in [-0.39, 0.29) is 109 Å². The average Bonchev–Trinajstić information content (AvgIpc) is 3.38. The quantitative estimate of drug-likeness (QED) is 0.0295. The van der Waals surface area contributed by atoms with Crippen molar-refractivity contribution >= 4 is 72.6 Å². The fourth-order valence-corrected chi connectivity index (χ4v) is 8.66. The first-order chi connectivity index (χ1) is 29.9. The van der Waals surface area contributed by atoms with Crippen LogP contribution in [0.1, 0.15) is 66.8 Å². The lowest BCUT2D eigenvalue weighted by Crippen LogP contribution is -2.19. The first-order valence-corrected chi connectivity index (χ1v) is 20.5. The highest BCUT2D eigenvalue weighted by atomic mass is 16.5. The van der Waals surface area contributed by atoms with Gasteiger partial charge in [0, 0.05) is 42.7 Å². The SMILES string of the molecule is COCCOCCC(=O)OCCCc1c(O)c2c(=O)cc(CO)c3c4c(CO)cc(=O)c5c(NCCOC(=O)CCOCCOC)c(OC)c6c(c(c1C=C(C)C6C(C)=O)c23)c54. The molecule has 16 nitrogen and oxygen atoms in total. The largest absolute Gasteiger partial charge is 0.507 e. The van der Waals surface area contributed by atoms with E-state index in [1.54, 1.807) is 27.2 Å². The molecule has 5 aromatic carbocycles. The predicted molar refractivity (Wildman–Crippen MR) is 232 cm³/mol. The third-order valence-corrected chi connectivity index (χ3v) is 11.2. The second-order valence-electron chi connectivity index (χ2n) is 15.1. The van der Waals surface area contributed by atoms with E-state index < -0.39 is 41.9 Å². The maximum Gasteiger partial charge on any atom is 0.308 e. The van der Waals surface area contributed by atoms with Crippen LogP contribution in [0.2, 0.25) is 0 Å². The van der Waals surface area contributed by atoms with Crippen LogP contribution in [-0.4, -0.2) is 114 Å². The molecule has 0 saturated carbocycles. The monoisotopic (exact) mass is 859 g/mol. The number of phenols is 1. The van der Waals surface area contributed by atoms with E-state index in [1.165, 1.54) is 26.2 Å². The summed E-state index contributed by atoms with van der Waals surface area (Å²) in [6.45, 7) is 3.68. The third kappa shape index (κ3) is 8.89. The van der Waals surface area contributed by atoms with Gasteiger partial charge >= 0.3 is 11.9 Å². The number of benzene rings is 5. The van der Waals surface area contributed by atoms with Crippen LogP contribution in [0, 0.1) is 0 Å². The Morgan fingerprint density at radius 3 is 1.81 bits per heavy atom. The lowest BCUT2D eigenvalue weighted by Gasteiger charge is -2.27. The third-order valence-electron chi connectivity index (χ3n) is 11.2. The zero-order valence-corrected chi connectivity index (χ0v) is 35.7. The topological polar surface area (TPSA) is 223 Å². The molecule has 1 aliphatic rings. The molecule has 0 fully saturated rings. The van der Waals surface area contributed by atoms with Crippen LogP contribution in [0.15, 0.2) is 27.3 Å². The molecule has 332 valence electrons. The number of anilines is 1. The van der Waals surface area contributed by atoms with Crippen LogP contribution in [0.5, 0.6) is 11.5 Å². The van der Waals surface area contributed by atoms with Crippen LogP contribution in [-0.2, 0) is 62.4 Å². The number of Topliss-reactive ketones (excluding diaryl/α,β-unsaturated/α-hetero) is 1. The number of aromatic hydroxyl groups is 1. The van der Waals surface area contributed by atoms with E-state index in [0.717, 1.165) is 0 Å². The van der Waals surface area contributed by atoms with Crippen molar-refractivity contribution < 1.29 is 62.9 Å². The molecule has 16 heteroatoms. The van der Waals surface area contributed by atoms with Gasteiger partial charge in [-0.25, -0.2) is 0 Å². The van der Waals surface area contributed by atoms with Crippen LogP contribution < -0.4 is 20.9 Å². The number of phenolic OH excluding ortho intramolecular Hbond substituents is 1. The second kappa shape index (κ2) is 20.6. The Bertz CT molecular complexity index is 2620. The van der Waals surface area contributed by atoms with Crippen molar-refractivity contribution in [1.29, 1.82) is 0 Å². The number of nitrogens with one attached hydrogen (secondary N) is 1. The minimum atomic E-state index is -0.958. The summed E-state index contributed by atoms with van der Waals surface area (Å²) >= 11 is 0. The van der Waals surface area contributed by atoms with E-state index in [4.69, 9.17) is 33.2 Å². The molecule has 0 heterocycles. The number of carbonyl (C=O) groups is 3. The summed E-state index contributed by atoms with van der Waals surface area (Å²) in [5.41, 5.74) is 1.33. The number of hydrogen-bond acceptors (Lipinski definition) is 16. The number of aliphatic hydroxyl groups is 2. The van der Waals surface area contributed by atoms with Gasteiger partial charge in [-0.3, -0.25) is 24.0 Å². The highest BCUT2D eigenvalue weighted by molar-refractivity contribution is 6.39. The Morgan fingerprint density at radius 2 is 1.26 bits per heavy atom. The molecule has 4 N–H and O–H groups in total. The molecule has 6 rings (SSSR count). The van der Waals surface area contributed by atoms with Crippen molar-refractivity contribution in [3.8, 4) is 11.5 Å². The van der Waals surface area contributed by atoms with Gasteiger partial charge in [-0.1, -0.05) is 11.6 Å². The van der Waals surface area contributed by atoms with Gasteiger partial charge in [-0.15, -0.1) is 0 Å². The number of ether oxygens (including phenoxy) is 7. The van der Waals surface area contributed by atoms with Crippen LogP contribution in [0.3, 0.4) is 0 Å². The molecule has 1 atom stereocenters. The number of hydrogen-bond donors (Lipinski definition) is 4. The molecule has 0 spiro atoms. The van der Waals surface area contributed by atoms with Gasteiger partial charge in [0.25, 0.3) is 0 Å². The molecule has 1 unspecified atom stereocenters. The van der Waals surface area contributed by atoms with E-state index in [2.05, 4.69) is 5.32 Å². The molecule has 0 saturated heterocycles. The maximum atomic E-state index is 14.4. The summed E-state index contributed by atoms with van der Waals surface area (Å²) in [5.74, 6) is -2.35. The predicted octanol–water partition coefficient (Wildman–Crippen LogP) is 4.22. The summed E-state index contributed by atoms with van der Waals surface area (Å²) in [6.07, 6.45) is 2.21. The number of fused-ring (bicyclic) bond motifs is 1. The van der Waals surface area contributed by atoms with Gasteiger partial charge in [0.05, 0.1) is 102 Å².